The molecule has 1 aliphatic carbocycles. The summed E-state index contributed by atoms with van der Waals surface area (Å²) in [6.45, 7) is 1.48. The van der Waals surface area contributed by atoms with Crippen molar-refractivity contribution in [3.05, 3.63) is 59.3 Å². The van der Waals surface area contributed by atoms with Crippen LogP contribution in [-0.2, 0) is 22.9 Å². The molecule has 0 bridgehead atoms. The van der Waals surface area contributed by atoms with Gasteiger partial charge in [0, 0.05) is 27.8 Å². The van der Waals surface area contributed by atoms with Gasteiger partial charge in [0.05, 0.1) is 4.90 Å². The molecule has 0 fully saturated rings. The maximum Gasteiger partial charge on any atom is 0.261 e. The lowest BCUT2D eigenvalue weighted by Gasteiger charge is -2.11. The zero-order valence-electron chi connectivity index (χ0n) is 14.5. The number of H-pyrrole nitrogens is 1. The smallest absolute Gasteiger partial charge is 0.261 e. The molecule has 0 amide bonds. The summed E-state index contributed by atoms with van der Waals surface area (Å²) in [6, 6.07) is 11.6. The summed E-state index contributed by atoms with van der Waals surface area (Å²) in [7, 11) is -3.69. The lowest BCUT2D eigenvalue weighted by Crippen LogP contribution is -2.13. The Morgan fingerprint density at radius 3 is 2.50 bits per heavy atom. The van der Waals surface area contributed by atoms with Gasteiger partial charge in [0.1, 0.15) is 0 Å². The molecule has 0 atom stereocenters. The van der Waals surface area contributed by atoms with Gasteiger partial charge in [0.25, 0.3) is 10.0 Å². The first kappa shape index (κ1) is 16.8. The average molecular weight is 368 g/mol. The molecule has 0 aliphatic heterocycles. The summed E-state index contributed by atoms with van der Waals surface area (Å²) in [4.78, 5) is 15.0. The molecule has 0 saturated carbocycles. The van der Waals surface area contributed by atoms with Crippen LogP contribution in [0.25, 0.3) is 10.9 Å². The number of carbonyl (C=O) groups excluding carboxylic acids is 1. The summed E-state index contributed by atoms with van der Waals surface area (Å²) in [5, 5.41) is 0.995. The normalized spacial score (nSPS) is 14.2. The van der Waals surface area contributed by atoms with Crippen LogP contribution in [0.15, 0.2) is 47.4 Å². The highest BCUT2D eigenvalue weighted by atomic mass is 32.2. The number of aromatic nitrogens is 1. The molecule has 0 spiro atoms. The number of aryl methyl sites for hydroxylation is 2. The summed E-state index contributed by atoms with van der Waals surface area (Å²) in [5.74, 6) is -0.0536. The molecule has 1 aromatic heterocycles. The van der Waals surface area contributed by atoms with Crippen molar-refractivity contribution >= 4 is 32.4 Å². The second-order valence-corrected chi connectivity index (χ2v) is 8.42. The number of rotatable bonds is 4. The van der Waals surface area contributed by atoms with E-state index in [1.165, 1.54) is 24.6 Å². The molecule has 6 heteroatoms. The molecule has 0 unspecified atom stereocenters. The first-order valence-corrected chi connectivity index (χ1v) is 10.2. The van der Waals surface area contributed by atoms with Gasteiger partial charge in [-0.1, -0.05) is 0 Å². The Hall–Kier alpha value is -2.60. The number of aromatic amines is 1. The van der Waals surface area contributed by atoms with Crippen molar-refractivity contribution in [1.82, 2.24) is 4.98 Å². The number of hydrogen-bond acceptors (Lipinski definition) is 3. The van der Waals surface area contributed by atoms with Crippen LogP contribution < -0.4 is 4.72 Å². The molecular weight excluding hydrogens is 348 g/mol. The van der Waals surface area contributed by atoms with Crippen LogP contribution in [0, 0.1) is 0 Å². The third kappa shape index (κ3) is 3.01. The molecule has 4 rings (SSSR count). The van der Waals surface area contributed by atoms with Gasteiger partial charge >= 0.3 is 0 Å². The van der Waals surface area contributed by atoms with Crippen molar-refractivity contribution in [2.75, 3.05) is 4.72 Å². The van der Waals surface area contributed by atoms with Crippen LogP contribution >= 0.6 is 0 Å². The van der Waals surface area contributed by atoms with E-state index in [0.717, 1.165) is 30.2 Å². The van der Waals surface area contributed by atoms with Gasteiger partial charge in [-0.2, -0.15) is 0 Å². The quantitative estimate of drug-likeness (QED) is 0.682. The van der Waals surface area contributed by atoms with Crippen molar-refractivity contribution in [3.8, 4) is 0 Å². The highest BCUT2D eigenvalue weighted by Gasteiger charge is 2.19. The van der Waals surface area contributed by atoms with Crippen LogP contribution in [0.1, 0.15) is 41.4 Å². The van der Waals surface area contributed by atoms with Gasteiger partial charge in [-0.15, -0.1) is 0 Å². The van der Waals surface area contributed by atoms with Crippen LogP contribution in [-0.4, -0.2) is 19.2 Å². The fraction of sp³-hybridized carbons (Fsp3) is 0.250. The van der Waals surface area contributed by atoms with E-state index in [9.17, 15) is 13.2 Å². The van der Waals surface area contributed by atoms with Crippen LogP contribution in [0.5, 0.6) is 0 Å². The monoisotopic (exact) mass is 368 g/mol. The molecule has 0 radical (unpaired) electrons. The number of Topliss-reactive ketones (excluding diaryl/α,β-unsaturated/α-hetero) is 1. The number of anilines is 1. The maximum atomic E-state index is 12.8. The second kappa shape index (κ2) is 6.29. The van der Waals surface area contributed by atoms with Gasteiger partial charge in [-0.25, -0.2) is 8.42 Å². The fourth-order valence-corrected chi connectivity index (χ4v) is 4.62. The Balaban J connectivity index is 1.67. The average Bonchev–Trinajstić information content (AvgIpc) is 2.99. The molecule has 2 N–H and O–H groups in total. The zero-order chi connectivity index (χ0) is 18.3. The minimum atomic E-state index is -3.69. The molecular formula is C20H20N2O3S. The molecule has 0 saturated heterocycles. The molecule has 2 aromatic carbocycles. The number of nitrogens with one attached hydrogen (secondary N) is 2. The Bertz CT molecular complexity index is 1100. The first-order chi connectivity index (χ1) is 12.4. The maximum absolute atomic E-state index is 12.8. The molecule has 3 aromatic rings. The van der Waals surface area contributed by atoms with Crippen molar-refractivity contribution < 1.29 is 13.2 Å². The van der Waals surface area contributed by atoms with Crippen LogP contribution in [0.3, 0.4) is 0 Å². The number of sulfonamides is 1. The van der Waals surface area contributed by atoms with E-state index in [-0.39, 0.29) is 10.7 Å². The molecule has 1 aliphatic rings. The Kier molecular flexibility index (Phi) is 4.07. The van der Waals surface area contributed by atoms with Crippen molar-refractivity contribution in [1.29, 1.82) is 0 Å². The highest BCUT2D eigenvalue weighted by molar-refractivity contribution is 7.92. The van der Waals surface area contributed by atoms with Gasteiger partial charge in [0.15, 0.2) is 5.78 Å². The van der Waals surface area contributed by atoms with E-state index < -0.39 is 10.0 Å². The zero-order valence-corrected chi connectivity index (χ0v) is 15.3. The van der Waals surface area contributed by atoms with E-state index in [2.05, 4.69) is 9.71 Å². The third-order valence-corrected chi connectivity index (χ3v) is 6.30. The Morgan fingerprint density at radius 1 is 1.04 bits per heavy atom. The van der Waals surface area contributed by atoms with E-state index in [1.54, 1.807) is 36.4 Å². The van der Waals surface area contributed by atoms with Crippen molar-refractivity contribution in [2.24, 2.45) is 0 Å². The number of ketones is 1. The molecule has 26 heavy (non-hydrogen) atoms. The predicted octanol–water partition coefficient (Wildman–Crippen LogP) is 4.05. The lowest BCUT2D eigenvalue weighted by atomic mass is 9.96. The van der Waals surface area contributed by atoms with Gasteiger partial charge in [-0.3, -0.25) is 9.52 Å². The van der Waals surface area contributed by atoms with E-state index >= 15 is 0 Å². The van der Waals surface area contributed by atoms with Crippen molar-refractivity contribution in [3.63, 3.8) is 0 Å². The third-order valence-electron chi connectivity index (χ3n) is 4.92. The Morgan fingerprint density at radius 2 is 1.77 bits per heavy atom. The van der Waals surface area contributed by atoms with E-state index in [0.29, 0.717) is 11.3 Å². The summed E-state index contributed by atoms with van der Waals surface area (Å²) >= 11 is 0. The number of fused-ring (bicyclic) bond motifs is 3. The van der Waals surface area contributed by atoms with Gasteiger partial charge in [0.2, 0.25) is 0 Å². The second-order valence-electron chi connectivity index (χ2n) is 6.74. The van der Waals surface area contributed by atoms with Gasteiger partial charge in [-0.05, 0) is 80.6 Å². The van der Waals surface area contributed by atoms with Crippen molar-refractivity contribution in [2.45, 2.75) is 37.5 Å². The topological polar surface area (TPSA) is 79.0 Å². The summed E-state index contributed by atoms with van der Waals surface area (Å²) < 4.78 is 28.1. The summed E-state index contributed by atoms with van der Waals surface area (Å²) in [6.07, 6.45) is 4.31. The predicted molar refractivity (Wildman–Crippen MR) is 102 cm³/mol. The molecule has 134 valence electrons. The molecule has 5 nitrogen and oxygen atoms in total. The van der Waals surface area contributed by atoms with Crippen LogP contribution in [0.4, 0.5) is 5.69 Å². The van der Waals surface area contributed by atoms with Crippen LogP contribution in [0.2, 0.25) is 0 Å². The number of hydrogen-bond donors (Lipinski definition) is 2. The van der Waals surface area contributed by atoms with E-state index in [4.69, 9.17) is 0 Å². The summed E-state index contributed by atoms with van der Waals surface area (Å²) in [5.41, 5.74) is 4.45. The largest absolute Gasteiger partial charge is 0.358 e. The molecule has 1 heterocycles. The first-order valence-electron chi connectivity index (χ1n) is 8.71. The van der Waals surface area contributed by atoms with E-state index in [1.807, 2.05) is 6.07 Å². The Labute approximate surface area is 152 Å². The SMILES string of the molecule is CC(=O)c1ccc(NS(=O)(=O)c2ccc3[nH]c4c(c3c2)CCCC4)cc1. The fourth-order valence-electron chi connectivity index (χ4n) is 3.54. The minimum Gasteiger partial charge on any atom is -0.358 e. The lowest BCUT2D eigenvalue weighted by molar-refractivity contribution is 0.101. The number of benzene rings is 2. The minimum absolute atomic E-state index is 0.0536. The standard InChI is InChI=1S/C20H20N2O3S/c1-13(23)14-6-8-15(9-7-14)22-26(24,25)16-10-11-20-18(12-16)17-4-2-3-5-19(17)21-20/h6-12,21-22H,2-5H2,1H3. The number of carbonyl (C=O) groups is 1. The van der Waals surface area contributed by atoms with Gasteiger partial charge < -0.3 is 4.98 Å². The highest BCUT2D eigenvalue weighted by Crippen LogP contribution is 2.31.